The second kappa shape index (κ2) is 8.94. The van der Waals surface area contributed by atoms with Crippen molar-refractivity contribution in [1.82, 2.24) is 14.6 Å². The molecule has 27 heavy (non-hydrogen) atoms. The fourth-order valence-corrected chi connectivity index (χ4v) is 3.47. The molecule has 0 radical (unpaired) electrons. The van der Waals surface area contributed by atoms with Crippen molar-refractivity contribution >= 4 is 50.3 Å². The van der Waals surface area contributed by atoms with Gasteiger partial charge in [-0.05, 0) is 0 Å². The molecule has 1 aliphatic heterocycles. The molecule has 1 aromatic rings. The zero-order chi connectivity index (χ0) is 19.6. The zero-order valence-electron chi connectivity index (χ0n) is 14.2. The summed E-state index contributed by atoms with van der Waals surface area (Å²) < 4.78 is 37.5. The van der Waals surface area contributed by atoms with E-state index in [-0.39, 0.29) is 50.4 Å². The van der Waals surface area contributed by atoms with Gasteiger partial charge in [0, 0.05) is 5.38 Å². The number of esters is 1. The van der Waals surface area contributed by atoms with Gasteiger partial charge in [0.15, 0.2) is 27.2 Å². The molecule has 13 nitrogen and oxygen atoms in total. The average Bonchev–Trinajstić information content (AvgIpc) is 2.98. The van der Waals surface area contributed by atoms with Crippen LogP contribution in [-0.2, 0) is 34.3 Å². The van der Waals surface area contributed by atoms with Gasteiger partial charge < -0.3 is 25.2 Å². The molecule has 2 heterocycles. The number of nitrogens with two attached hydrogens (primary N) is 1. The first-order valence-corrected chi connectivity index (χ1v) is 8.86. The number of methoxy groups -OCH3 is 1. The van der Waals surface area contributed by atoms with Crippen LogP contribution in [-0.4, -0.2) is 72.1 Å². The number of β-lactam (4-membered cyclic amide) rings is 1. The first-order valence-electron chi connectivity index (χ1n) is 6.62. The maximum Gasteiger partial charge on any atom is 1.00 e. The van der Waals surface area contributed by atoms with Gasteiger partial charge in [-0.25, -0.2) is 22.5 Å². The van der Waals surface area contributed by atoms with Gasteiger partial charge >= 0.3 is 35.5 Å². The number of anilines is 1. The number of nitrogens with zero attached hydrogens (tertiary/aromatic N) is 3. The number of ether oxygens (including phenoxy) is 1. The molecule has 0 bridgehead atoms. The molecule has 1 saturated heterocycles. The second-order valence-electron chi connectivity index (χ2n) is 4.70. The van der Waals surface area contributed by atoms with Gasteiger partial charge in [0.1, 0.15) is 18.8 Å². The summed E-state index contributed by atoms with van der Waals surface area (Å²) in [4.78, 5) is 44.4. The first kappa shape index (κ1) is 23.3. The third kappa shape index (κ3) is 4.74. The Morgan fingerprint density at radius 1 is 1.44 bits per heavy atom. The van der Waals surface area contributed by atoms with Crippen LogP contribution in [0.5, 0.6) is 0 Å². The summed E-state index contributed by atoms with van der Waals surface area (Å²) in [6.45, 7) is 0. The topological polar surface area (TPSA) is 193 Å². The smallest absolute Gasteiger partial charge is 0.731 e. The van der Waals surface area contributed by atoms with Crippen LogP contribution >= 0.6 is 11.3 Å². The summed E-state index contributed by atoms with van der Waals surface area (Å²) in [5, 5.41) is 7.10. The van der Waals surface area contributed by atoms with Crippen molar-refractivity contribution in [3.63, 3.8) is 0 Å². The van der Waals surface area contributed by atoms with Crippen LogP contribution < -0.4 is 40.6 Å². The van der Waals surface area contributed by atoms with Crippen LogP contribution in [0.3, 0.4) is 0 Å². The molecular formula is C11H12N5NaO8S2. The van der Waals surface area contributed by atoms with Gasteiger partial charge in [0.2, 0.25) is 0 Å². The number of nitrogens with one attached hydrogen (secondary N) is 1. The summed E-state index contributed by atoms with van der Waals surface area (Å²) >= 11 is 1.01. The minimum Gasteiger partial charge on any atom is -0.731 e. The van der Waals surface area contributed by atoms with E-state index in [1.165, 1.54) is 5.38 Å². The molecule has 2 atom stereocenters. The molecule has 0 unspecified atom stereocenters. The zero-order valence-corrected chi connectivity index (χ0v) is 17.9. The van der Waals surface area contributed by atoms with E-state index < -0.39 is 40.2 Å². The van der Waals surface area contributed by atoms with Gasteiger partial charge in [0.25, 0.3) is 11.8 Å². The number of hydrogen-bond acceptors (Lipinski definition) is 12. The Hall–Kier alpha value is -1.78. The maximum absolute atomic E-state index is 12.4. The van der Waals surface area contributed by atoms with E-state index in [0.717, 1.165) is 25.6 Å². The average molecular weight is 429 g/mol. The standard InChI is InChI=1S/C11H13N5O8S2.Na/c1-23-10(19)7-6(9(18)16(7)26(20,21)22)14-8(17)5(15-24-2)4-3-25-11(12)13-4;/h3,6-7H,1-2H3,(H2,12,13)(H,14,17)(H,20,21,22);/q;+1/p-1/b15-5-;/t6-,7+;/m1./s1. The molecule has 2 rings (SSSR count). The molecule has 0 aliphatic carbocycles. The van der Waals surface area contributed by atoms with Gasteiger partial charge in [-0.1, -0.05) is 5.16 Å². The molecule has 0 saturated carbocycles. The number of nitrogen functional groups attached to an aromatic ring is 1. The van der Waals surface area contributed by atoms with E-state index in [2.05, 4.69) is 25.0 Å². The molecule has 1 aromatic heterocycles. The van der Waals surface area contributed by atoms with E-state index in [1.807, 2.05) is 0 Å². The number of aromatic nitrogens is 1. The number of carbonyl (C=O) groups is 3. The van der Waals surface area contributed by atoms with Crippen LogP contribution in [0.1, 0.15) is 5.69 Å². The van der Waals surface area contributed by atoms with Gasteiger partial charge in [-0.3, -0.25) is 9.59 Å². The van der Waals surface area contributed by atoms with Crippen LogP contribution in [0.15, 0.2) is 10.5 Å². The molecule has 0 aromatic carbocycles. The molecule has 1 aliphatic rings. The van der Waals surface area contributed by atoms with Gasteiger partial charge in [-0.15, -0.1) is 11.3 Å². The molecule has 3 N–H and O–H groups in total. The van der Waals surface area contributed by atoms with E-state index in [0.29, 0.717) is 0 Å². The van der Waals surface area contributed by atoms with Crippen LogP contribution in [0.2, 0.25) is 0 Å². The second-order valence-corrected chi connectivity index (χ2v) is 6.84. The molecule has 1 fully saturated rings. The Morgan fingerprint density at radius 2 is 2.07 bits per heavy atom. The molecule has 2 amide bonds. The van der Waals surface area contributed by atoms with Crippen molar-refractivity contribution in [2.45, 2.75) is 12.1 Å². The van der Waals surface area contributed by atoms with Crippen molar-refractivity contribution < 1.29 is 66.5 Å². The third-order valence-electron chi connectivity index (χ3n) is 3.18. The summed E-state index contributed by atoms with van der Waals surface area (Å²) in [6.07, 6.45) is 0. The maximum atomic E-state index is 12.4. The number of carbonyl (C=O) groups excluding carboxylic acids is 3. The Bertz CT molecular complexity index is 885. The molecule has 0 spiro atoms. The third-order valence-corrected chi connectivity index (χ3v) is 4.75. The number of amides is 2. The normalized spacial score (nSPS) is 19.6. The minimum atomic E-state index is -5.27. The van der Waals surface area contributed by atoms with Crippen LogP contribution in [0.4, 0.5) is 5.13 Å². The summed E-state index contributed by atoms with van der Waals surface area (Å²) in [6, 6.07) is -3.47. The molecular weight excluding hydrogens is 417 g/mol. The quantitative estimate of drug-likeness (QED) is 0.110. The molecule has 142 valence electrons. The molecule has 16 heteroatoms. The summed E-state index contributed by atoms with van der Waals surface area (Å²) in [5.41, 5.74) is 5.13. The fourth-order valence-electron chi connectivity index (χ4n) is 2.11. The summed E-state index contributed by atoms with van der Waals surface area (Å²) in [5.74, 6) is -3.50. The van der Waals surface area contributed by atoms with Crippen molar-refractivity contribution in [2.24, 2.45) is 5.16 Å². The predicted octanol–water partition coefficient (Wildman–Crippen LogP) is -5.59. The monoisotopic (exact) mass is 429 g/mol. The van der Waals surface area contributed by atoms with E-state index >= 15 is 0 Å². The largest absolute Gasteiger partial charge is 1.00 e. The minimum absolute atomic E-state index is 0. The van der Waals surface area contributed by atoms with Crippen molar-refractivity contribution in [3.8, 4) is 0 Å². The van der Waals surface area contributed by atoms with Crippen LogP contribution in [0, 0.1) is 0 Å². The van der Waals surface area contributed by atoms with E-state index in [1.54, 1.807) is 0 Å². The summed E-state index contributed by atoms with van der Waals surface area (Å²) in [7, 11) is -3.19. The van der Waals surface area contributed by atoms with Gasteiger partial charge in [-0.2, -0.15) is 0 Å². The number of thiazole rings is 1. The van der Waals surface area contributed by atoms with Crippen molar-refractivity contribution in [3.05, 3.63) is 11.1 Å². The Morgan fingerprint density at radius 3 is 2.52 bits per heavy atom. The van der Waals surface area contributed by atoms with Crippen molar-refractivity contribution in [1.29, 1.82) is 0 Å². The Balaban J connectivity index is 0.00000364. The van der Waals surface area contributed by atoms with Gasteiger partial charge in [0.05, 0.1) is 7.11 Å². The van der Waals surface area contributed by atoms with Crippen LogP contribution in [0.25, 0.3) is 0 Å². The Labute approximate surface area is 179 Å². The predicted molar refractivity (Wildman–Crippen MR) is 84.4 cm³/mol. The first-order chi connectivity index (χ1) is 12.1. The number of oxime groups is 1. The van der Waals surface area contributed by atoms with Crippen molar-refractivity contribution in [2.75, 3.05) is 20.0 Å². The van der Waals surface area contributed by atoms with E-state index in [9.17, 15) is 27.4 Å². The number of rotatable bonds is 6. The number of hydrogen-bond donors (Lipinski definition) is 2. The van der Waals surface area contributed by atoms with E-state index in [4.69, 9.17) is 5.73 Å². The fraction of sp³-hybridized carbons (Fsp3) is 0.364. The SMILES string of the molecule is CO/N=C(\C(=O)N[C@H]1C(=O)N(S(=O)(=O)[O-])[C@@H]1C(=O)OC)c1csc(N)n1.[Na+]. The Kier molecular flexibility index (Phi) is 7.70.